The van der Waals surface area contributed by atoms with Gasteiger partial charge in [0.2, 0.25) is 11.8 Å². The summed E-state index contributed by atoms with van der Waals surface area (Å²) in [5.74, 6) is -1.56. The van der Waals surface area contributed by atoms with Crippen molar-refractivity contribution in [3.8, 4) is 0 Å². The lowest BCUT2D eigenvalue weighted by Crippen LogP contribution is -2.52. The molecule has 10 nitrogen and oxygen atoms in total. The normalized spacial score (nSPS) is 19.8. The number of ether oxygens (including phenoxy) is 1. The molecule has 3 amide bonds. The number of fused-ring (bicyclic) bond motifs is 1. The Morgan fingerprint density at radius 2 is 1.60 bits per heavy atom. The molecule has 248 valence electrons. The Morgan fingerprint density at radius 1 is 0.936 bits per heavy atom. The first-order valence-electron chi connectivity index (χ1n) is 16.2. The number of piperidine rings is 1. The lowest BCUT2D eigenvalue weighted by atomic mass is 9.62. The fourth-order valence-electron chi connectivity index (χ4n) is 6.93. The fraction of sp³-hybridized carbons (Fsp3) is 0.432. The number of carbonyl (C=O) groups excluding carboxylic acids is 4. The van der Waals surface area contributed by atoms with Gasteiger partial charge in [-0.25, -0.2) is 0 Å². The highest BCUT2D eigenvalue weighted by molar-refractivity contribution is 5.96. The number of amides is 3. The van der Waals surface area contributed by atoms with Crippen LogP contribution in [0.3, 0.4) is 0 Å². The molecule has 0 spiro atoms. The molecule has 5 rings (SSSR count). The third kappa shape index (κ3) is 7.01. The van der Waals surface area contributed by atoms with E-state index in [0.29, 0.717) is 38.8 Å². The van der Waals surface area contributed by atoms with Crippen LogP contribution in [0.4, 0.5) is 0 Å². The van der Waals surface area contributed by atoms with E-state index in [-0.39, 0.29) is 35.5 Å². The van der Waals surface area contributed by atoms with Gasteiger partial charge in [-0.2, -0.15) is 0 Å². The van der Waals surface area contributed by atoms with E-state index < -0.39 is 28.8 Å². The number of carbonyl (C=O) groups is 4. The summed E-state index contributed by atoms with van der Waals surface area (Å²) in [5, 5.41) is 2.97. The van der Waals surface area contributed by atoms with Crippen molar-refractivity contribution >= 4 is 23.7 Å². The summed E-state index contributed by atoms with van der Waals surface area (Å²) >= 11 is 0. The highest BCUT2D eigenvalue weighted by atomic mass is 16.6. The van der Waals surface area contributed by atoms with Crippen LogP contribution >= 0.6 is 0 Å². The van der Waals surface area contributed by atoms with E-state index in [0.717, 1.165) is 16.7 Å². The van der Waals surface area contributed by atoms with Gasteiger partial charge < -0.3 is 24.4 Å². The second-order valence-corrected chi connectivity index (χ2v) is 13.6. The lowest BCUT2D eigenvalue weighted by molar-refractivity contribution is -0.159. The summed E-state index contributed by atoms with van der Waals surface area (Å²) < 4.78 is 6.88. The Bertz CT molecular complexity index is 1700. The molecule has 0 unspecified atom stereocenters. The van der Waals surface area contributed by atoms with Crippen LogP contribution in [0.5, 0.6) is 0 Å². The molecule has 1 aliphatic heterocycles. The number of aromatic nitrogens is 1. The highest BCUT2D eigenvalue weighted by Gasteiger charge is 2.50. The summed E-state index contributed by atoms with van der Waals surface area (Å²) in [6, 6.07) is 20.2. The van der Waals surface area contributed by atoms with Gasteiger partial charge >= 0.3 is 5.97 Å². The Hall–Kier alpha value is -4.73. The van der Waals surface area contributed by atoms with Gasteiger partial charge in [0.1, 0.15) is 17.7 Å². The van der Waals surface area contributed by atoms with Crippen molar-refractivity contribution in [1.82, 2.24) is 19.7 Å². The van der Waals surface area contributed by atoms with Gasteiger partial charge in [0.15, 0.2) is 0 Å². The van der Waals surface area contributed by atoms with Crippen molar-refractivity contribution in [3.63, 3.8) is 0 Å². The first-order chi connectivity index (χ1) is 22.3. The van der Waals surface area contributed by atoms with Crippen LogP contribution in [-0.4, -0.2) is 76.4 Å². The SMILES string of the molecule is CN(CC(=O)OC(C)(C)C)C(=O)[C@@]1(c2ccccc2)CC[C@H](C(=O)N2CCC(NC(=O)c3cccn(C)c3=O)CC2)c2ccccc21. The van der Waals surface area contributed by atoms with Crippen LogP contribution in [0.25, 0.3) is 0 Å². The van der Waals surface area contributed by atoms with Crippen molar-refractivity contribution < 1.29 is 23.9 Å². The third-order valence-electron chi connectivity index (χ3n) is 9.18. The Balaban J connectivity index is 1.35. The molecule has 2 atom stereocenters. The molecule has 0 saturated carbocycles. The van der Waals surface area contributed by atoms with E-state index in [4.69, 9.17) is 4.74 Å². The number of likely N-dealkylation sites (N-methyl/N-ethyl adjacent to an activating group) is 1. The van der Waals surface area contributed by atoms with E-state index in [9.17, 15) is 24.0 Å². The van der Waals surface area contributed by atoms with Gasteiger partial charge in [-0.15, -0.1) is 0 Å². The van der Waals surface area contributed by atoms with E-state index >= 15 is 0 Å². The smallest absolute Gasteiger partial charge is 0.326 e. The molecule has 47 heavy (non-hydrogen) atoms. The van der Waals surface area contributed by atoms with Gasteiger partial charge in [0.25, 0.3) is 11.5 Å². The van der Waals surface area contributed by atoms with Gasteiger partial charge in [0.05, 0.1) is 11.3 Å². The number of aryl methyl sites for hydroxylation is 1. The van der Waals surface area contributed by atoms with Crippen LogP contribution in [0, 0.1) is 0 Å². The van der Waals surface area contributed by atoms with Crippen molar-refractivity contribution in [2.75, 3.05) is 26.7 Å². The highest BCUT2D eigenvalue weighted by Crippen LogP contribution is 2.48. The number of nitrogens with one attached hydrogen (secondary N) is 1. The van der Waals surface area contributed by atoms with E-state index in [1.807, 2.05) is 59.5 Å². The van der Waals surface area contributed by atoms with Crippen LogP contribution in [0.15, 0.2) is 77.7 Å². The summed E-state index contributed by atoms with van der Waals surface area (Å²) in [6.07, 6.45) is 3.59. The van der Waals surface area contributed by atoms with Crippen molar-refractivity contribution in [2.24, 2.45) is 7.05 Å². The number of likely N-dealkylation sites (tertiary alicyclic amines) is 1. The number of esters is 1. The molecule has 1 N–H and O–H groups in total. The van der Waals surface area contributed by atoms with Crippen LogP contribution < -0.4 is 10.9 Å². The van der Waals surface area contributed by atoms with E-state index in [1.165, 1.54) is 15.5 Å². The second kappa shape index (κ2) is 13.6. The molecular weight excluding hydrogens is 596 g/mol. The quantitative estimate of drug-likeness (QED) is 0.393. The molecule has 1 aromatic heterocycles. The molecular formula is C37H44N4O6. The average molecular weight is 641 g/mol. The maximum Gasteiger partial charge on any atom is 0.326 e. The average Bonchev–Trinajstić information content (AvgIpc) is 3.04. The first kappa shape index (κ1) is 33.6. The lowest BCUT2D eigenvalue weighted by Gasteiger charge is -2.44. The molecule has 2 aromatic carbocycles. The number of rotatable bonds is 7. The Morgan fingerprint density at radius 3 is 2.28 bits per heavy atom. The molecule has 2 aliphatic rings. The van der Waals surface area contributed by atoms with Crippen molar-refractivity contribution in [3.05, 3.63) is 106 Å². The molecule has 1 fully saturated rings. The number of hydrogen-bond acceptors (Lipinski definition) is 6. The summed E-state index contributed by atoms with van der Waals surface area (Å²) in [5.41, 5.74) is 0.366. The third-order valence-corrected chi connectivity index (χ3v) is 9.18. The van der Waals surface area contributed by atoms with Gasteiger partial charge in [0, 0.05) is 39.4 Å². The van der Waals surface area contributed by atoms with Crippen LogP contribution in [0.1, 0.15) is 79.4 Å². The number of benzene rings is 2. The summed E-state index contributed by atoms with van der Waals surface area (Å²) in [7, 11) is 3.23. The molecule has 1 saturated heterocycles. The molecule has 3 aromatic rings. The van der Waals surface area contributed by atoms with Crippen molar-refractivity contribution in [1.29, 1.82) is 0 Å². The minimum Gasteiger partial charge on any atom is -0.459 e. The molecule has 1 aliphatic carbocycles. The van der Waals surface area contributed by atoms with Crippen LogP contribution in [0.2, 0.25) is 0 Å². The zero-order valence-electron chi connectivity index (χ0n) is 27.8. The van der Waals surface area contributed by atoms with Gasteiger partial charge in [-0.05, 0) is 75.3 Å². The number of hydrogen-bond donors (Lipinski definition) is 1. The predicted molar refractivity (Wildman–Crippen MR) is 178 cm³/mol. The van der Waals surface area contributed by atoms with Gasteiger partial charge in [-0.1, -0.05) is 54.6 Å². The fourth-order valence-corrected chi connectivity index (χ4v) is 6.93. The zero-order chi connectivity index (χ0) is 33.9. The first-order valence-corrected chi connectivity index (χ1v) is 16.2. The Kier molecular flexibility index (Phi) is 9.70. The number of pyridine rings is 1. The van der Waals surface area contributed by atoms with Crippen molar-refractivity contribution in [2.45, 2.75) is 69.4 Å². The number of nitrogens with zero attached hydrogens (tertiary/aromatic N) is 3. The minimum atomic E-state index is -1.09. The summed E-state index contributed by atoms with van der Waals surface area (Å²) in [4.78, 5) is 69.8. The monoisotopic (exact) mass is 640 g/mol. The maximum absolute atomic E-state index is 14.5. The Labute approximate surface area is 275 Å². The second-order valence-electron chi connectivity index (χ2n) is 13.6. The topological polar surface area (TPSA) is 118 Å². The van der Waals surface area contributed by atoms with Gasteiger partial charge in [-0.3, -0.25) is 24.0 Å². The largest absolute Gasteiger partial charge is 0.459 e. The standard InChI is InChI=1S/C37H44N4O6/c1-36(2,3)47-31(42)24-40(5)35(46)37(25-12-7-6-8-13-25)20-17-28(27-14-9-10-16-30(27)37)34(45)41-22-18-26(19-23-41)38-32(43)29-15-11-21-39(4)33(29)44/h6-16,21,26,28H,17-20,22-24H2,1-5H3,(H,38,43)/t28-,37+/m0/s1. The molecule has 0 bridgehead atoms. The van der Waals surface area contributed by atoms with Crippen LogP contribution in [-0.2, 0) is 31.6 Å². The summed E-state index contributed by atoms with van der Waals surface area (Å²) in [6.45, 7) is 6.12. The van der Waals surface area contributed by atoms with E-state index in [1.54, 1.807) is 47.1 Å². The molecule has 0 radical (unpaired) electrons. The molecule has 10 heteroatoms. The minimum absolute atomic E-state index is 0.00428. The maximum atomic E-state index is 14.5. The van der Waals surface area contributed by atoms with E-state index in [2.05, 4.69) is 5.32 Å². The zero-order valence-corrected chi connectivity index (χ0v) is 27.8. The molecule has 2 heterocycles. The predicted octanol–water partition coefficient (Wildman–Crippen LogP) is 3.77.